The molecule has 0 atom stereocenters. The Morgan fingerprint density at radius 1 is 1.19 bits per heavy atom. The van der Waals surface area contributed by atoms with Crippen molar-refractivity contribution >= 4 is 34.8 Å². The zero-order chi connectivity index (χ0) is 20.0. The summed E-state index contributed by atoms with van der Waals surface area (Å²) in [5.74, 6) is 0.567. The molecule has 2 aromatic carbocycles. The summed E-state index contributed by atoms with van der Waals surface area (Å²) in [6, 6.07) is 10.4. The maximum absolute atomic E-state index is 12.5. The number of carbonyl (C=O) groups is 2. The Bertz CT molecular complexity index is 821. The highest BCUT2D eigenvalue weighted by Gasteiger charge is 2.17. The van der Waals surface area contributed by atoms with Crippen LogP contribution in [0.25, 0.3) is 0 Å². The van der Waals surface area contributed by atoms with Crippen LogP contribution in [0.15, 0.2) is 36.4 Å². The lowest BCUT2D eigenvalue weighted by atomic mass is 10.2. The summed E-state index contributed by atoms with van der Waals surface area (Å²) in [5, 5.41) is 3.32. The average Bonchev–Trinajstić information content (AvgIpc) is 2.63. The van der Waals surface area contributed by atoms with Gasteiger partial charge in [-0.1, -0.05) is 11.6 Å². The molecule has 7 heteroatoms. The van der Waals surface area contributed by atoms with Crippen LogP contribution in [0.5, 0.6) is 11.5 Å². The number of anilines is 2. The molecule has 0 fully saturated rings. The normalized spacial score (nSPS) is 10.3. The van der Waals surface area contributed by atoms with Gasteiger partial charge < -0.3 is 19.7 Å². The Hall–Kier alpha value is -2.73. The van der Waals surface area contributed by atoms with E-state index in [-0.39, 0.29) is 18.4 Å². The van der Waals surface area contributed by atoms with Crippen LogP contribution in [0.3, 0.4) is 0 Å². The second-order valence-corrected chi connectivity index (χ2v) is 6.29. The molecule has 0 aromatic heterocycles. The zero-order valence-corrected chi connectivity index (χ0v) is 16.6. The van der Waals surface area contributed by atoms with Gasteiger partial charge >= 0.3 is 0 Å². The molecule has 0 aliphatic rings. The van der Waals surface area contributed by atoms with Crippen molar-refractivity contribution in [2.75, 3.05) is 30.5 Å². The number of halogens is 1. The molecule has 0 spiro atoms. The first-order valence-corrected chi connectivity index (χ1v) is 8.88. The van der Waals surface area contributed by atoms with Gasteiger partial charge in [0.05, 0.1) is 19.4 Å². The molecule has 0 aliphatic carbocycles. The number of amides is 2. The van der Waals surface area contributed by atoms with Gasteiger partial charge in [-0.05, 0) is 49.7 Å². The van der Waals surface area contributed by atoms with E-state index in [9.17, 15) is 9.59 Å². The summed E-state index contributed by atoms with van der Waals surface area (Å²) < 4.78 is 10.7. The maximum Gasteiger partial charge on any atom is 0.244 e. The summed E-state index contributed by atoms with van der Waals surface area (Å²) in [7, 11) is 1.50. The van der Waals surface area contributed by atoms with E-state index in [2.05, 4.69) is 5.32 Å². The molecule has 0 aliphatic heterocycles. The molecule has 0 saturated heterocycles. The number of aryl methyl sites for hydroxylation is 1. The molecule has 0 heterocycles. The highest BCUT2D eigenvalue weighted by molar-refractivity contribution is 6.31. The van der Waals surface area contributed by atoms with E-state index in [1.807, 2.05) is 13.8 Å². The van der Waals surface area contributed by atoms with Crippen LogP contribution in [0, 0.1) is 6.92 Å². The number of hydrogen-bond donors (Lipinski definition) is 1. The molecule has 0 unspecified atom stereocenters. The largest absolute Gasteiger partial charge is 0.495 e. The molecule has 6 nitrogen and oxygen atoms in total. The second-order valence-electron chi connectivity index (χ2n) is 5.88. The highest BCUT2D eigenvalue weighted by Crippen LogP contribution is 2.31. The van der Waals surface area contributed by atoms with Crippen LogP contribution >= 0.6 is 11.6 Å². The third kappa shape index (κ3) is 5.37. The molecule has 2 amide bonds. The van der Waals surface area contributed by atoms with Gasteiger partial charge in [0.1, 0.15) is 18.0 Å². The molecule has 27 heavy (non-hydrogen) atoms. The summed E-state index contributed by atoms with van der Waals surface area (Å²) in [6.45, 7) is 5.57. The molecular formula is C20H23ClN2O4. The minimum absolute atomic E-state index is 0.131. The van der Waals surface area contributed by atoms with Gasteiger partial charge in [-0.25, -0.2) is 0 Å². The first-order valence-electron chi connectivity index (χ1n) is 8.50. The van der Waals surface area contributed by atoms with Gasteiger partial charge in [-0.3, -0.25) is 9.59 Å². The van der Waals surface area contributed by atoms with Crippen molar-refractivity contribution in [2.45, 2.75) is 20.8 Å². The second kappa shape index (κ2) is 9.28. The summed E-state index contributed by atoms with van der Waals surface area (Å²) in [4.78, 5) is 25.9. The number of benzene rings is 2. The Morgan fingerprint density at radius 3 is 2.41 bits per heavy atom. The van der Waals surface area contributed by atoms with E-state index >= 15 is 0 Å². The Labute approximate surface area is 164 Å². The van der Waals surface area contributed by atoms with Gasteiger partial charge in [0.25, 0.3) is 0 Å². The van der Waals surface area contributed by atoms with E-state index < -0.39 is 0 Å². The maximum atomic E-state index is 12.5. The molecule has 2 aromatic rings. The van der Waals surface area contributed by atoms with E-state index in [0.717, 1.165) is 5.56 Å². The number of hydrogen-bond acceptors (Lipinski definition) is 4. The Kier molecular flexibility index (Phi) is 7.07. The Balaban J connectivity index is 2.16. The van der Waals surface area contributed by atoms with Crippen LogP contribution in [-0.4, -0.2) is 32.1 Å². The van der Waals surface area contributed by atoms with E-state index in [1.54, 1.807) is 36.4 Å². The van der Waals surface area contributed by atoms with Crippen LogP contribution in [0.4, 0.5) is 11.4 Å². The van der Waals surface area contributed by atoms with Crippen LogP contribution in [0.1, 0.15) is 19.4 Å². The minimum Gasteiger partial charge on any atom is -0.495 e. The minimum atomic E-state index is -0.348. The number of methoxy groups -OCH3 is 1. The van der Waals surface area contributed by atoms with Gasteiger partial charge in [-0.2, -0.15) is 0 Å². The summed E-state index contributed by atoms with van der Waals surface area (Å²) in [6.07, 6.45) is 0. The molecule has 0 bridgehead atoms. The fourth-order valence-electron chi connectivity index (χ4n) is 2.54. The molecule has 2 rings (SSSR count). The van der Waals surface area contributed by atoms with Gasteiger partial charge in [0.2, 0.25) is 11.8 Å². The van der Waals surface area contributed by atoms with E-state index in [4.69, 9.17) is 21.1 Å². The van der Waals surface area contributed by atoms with Crippen molar-refractivity contribution in [1.82, 2.24) is 0 Å². The number of ether oxygens (including phenoxy) is 2. The highest BCUT2D eigenvalue weighted by atomic mass is 35.5. The van der Waals surface area contributed by atoms with E-state index in [0.29, 0.717) is 34.5 Å². The van der Waals surface area contributed by atoms with Gasteiger partial charge in [-0.15, -0.1) is 0 Å². The summed E-state index contributed by atoms with van der Waals surface area (Å²) in [5.41, 5.74) is 1.92. The number of carbonyl (C=O) groups excluding carboxylic acids is 2. The third-order valence-electron chi connectivity index (χ3n) is 3.90. The van der Waals surface area contributed by atoms with Crippen molar-refractivity contribution in [3.63, 3.8) is 0 Å². The van der Waals surface area contributed by atoms with Crippen LogP contribution < -0.4 is 19.7 Å². The topological polar surface area (TPSA) is 67.9 Å². The van der Waals surface area contributed by atoms with Crippen LogP contribution in [0.2, 0.25) is 5.02 Å². The molecule has 0 radical (unpaired) electrons. The lowest BCUT2D eigenvalue weighted by molar-refractivity contribution is -0.120. The first kappa shape index (κ1) is 20.6. The fraction of sp³-hybridized carbons (Fsp3) is 0.300. The average molecular weight is 391 g/mol. The molecule has 144 valence electrons. The predicted octanol–water partition coefficient (Wildman–Crippen LogP) is 4.05. The molecular weight excluding hydrogens is 368 g/mol. The number of rotatable bonds is 7. The van der Waals surface area contributed by atoms with Crippen molar-refractivity contribution in [1.29, 1.82) is 0 Å². The monoisotopic (exact) mass is 390 g/mol. The van der Waals surface area contributed by atoms with Gasteiger partial charge in [0.15, 0.2) is 0 Å². The van der Waals surface area contributed by atoms with Crippen LogP contribution in [-0.2, 0) is 9.59 Å². The lowest BCUT2D eigenvalue weighted by Gasteiger charge is -2.21. The fourth-order valence-corrected chi connectivity index (χ4v) is 2.69. The third-order valence-corrected chi connectivity index (χ3v) is 4.30. The van der Waals surface area contributed by atoms with Crippen molar-refractivity contribution < 1.29 is 19.1 Å². The van der Waals surface area contributed by atoms with Crippen molar-refractivity contribution in [3.05, 3.63) is 47.0 Å². The smallest absolute Gasteiger partial charge is 0.244 e. The standard InChI is InChI=1S/C20H23ClN2O4/c1-5-27-16-8-6-15(7-9-16)23(14(3)24)12-20(25)22-18-10-13(2)17(21)11-19(18)26-4/h6-11H,5,12H2,1-4H3,(H,22,25). The molecule has 0 saturated carbocycles. The SMILES string of the molecule is CCOc1ccc(N(CC(=O)Nc2cc(C)c(Cl)cc2OC)C(C)=O)cc1. The zero-order valence-electron chi connectivity index (χ0n) is 15.8. The molecule has 1 N–H and O–H groups in total. The van der Waals surface area contributed by atoms with E-state index in [1.165, 1.54) is 18.9 Å². The number of nitrogens with one attached hydrogen (secondary N) is 1. The Morgan fingerprint density at radius 2 is 1.85 bits per heavy atom. The summed E-state index contributed by atoms with van der Waals surface area (Å²) >= 11 is 6.09. The quantitative estimate of drug-likeness (QED) is 0.774. The lowest BCUT2D eigenvalue weighted by Crippen LogP contribution is -2.36. The van der Waals surface area contributed by atoms with Crippen molar-refractivity contribution in [3.8, 4) is 11.5 Å². The number of nitrogens with zero attached hydrogens (tertiary/aromatic N) is 1. The predicted molar refractivity (Wildman–Crippen MR) is 107 cm³/mol. The first-order chi connectivity index (χ1) is 12.8. The van der Waals surface area contributed by atoms with Gasteiger partial charge in [0, 0.05) is 23.7 Å². The van der Waals surface area contributed by atoms with Crippen molar-refractivity contribution in [2.24, 2.45) is 0 Å².